The zero-order chi connectivity index (χ0) is 25.4. The van der Waals surface area contributed by atoms with Gasteiger partial charge in [-0.2, -0.15) is 8.42 Å². The van der Waals surface area contributed by atoms with Crippen LogP contribution in [0.4, 0.5) is 5.82 Å². The molecule has 2 aromatic carbocycles. The summed E-state index contributed by atoms with van der Waals surface area (Å²) in [5, 5.41) is 3.70. The van der Waals surface area contributed by atoms with Gasteiger partial charge in [0.1, 0.15) is 22.1 Å². The van der Waals surface area contributed by atoms with Crippen LogP contribution in [0.5, 0.6) is 5.75 Å². The number of aryl methyl sites for hydroxylation is 1. The lowest BCUT2D eigenvalue weighted by Gasteiger charge is -2.34. The predicted octanol–water partition coefficient (Wildman–Crippen LogP) is 6.70. The Morgan fingerprint density at radius 3 is 2.29 bits per heavy atom. The fourth-order valence-corrected chi connectivity index (χ4v) is 5.60. The van der Waals surface area contributed by atoms with Crippen LogP contribution in [0.1, 0.15) is 46.6 Å². The minimum Gasteiger partial charge on any atom is -0.378 e. The molecule has 0 saturated heterocycles. The van der Waals surface area contributed by atoms with E-state index in [1.807, 2.05) is 41.8 Å². The molecule has 0 aliphatic rings. The smallest absolute Gasteiger partial charge is 0.339 e. The maximum atomic E-state index is 13.0. The summed E-state index contributed by atoms with van der Waals surface area (Å²) in [6.07, 6.45) is 2.90. The first-order valence-electron chi connectivity index (χ1n) is 11.7. The number of para-hydroxylation sites is 1. The van der Waals surface area contributed by atoms with Crippen LogP contribution in [0.25, 0.3) is 16.9 Å². The third-order valence-electron chi connectivity index (χ3n) is 5.58. The molecule has 0 unspecified atom stereocenters. The Labute approximate surface area is 208 Å². The fourth-order valence-electron chi connectivity index (χ4n) is 4.63. The van der Waals surface area contributed by atoms with E-state index in [2.05, 4.69) is 39.9 Å². The van der Waals surface area contributed by atoms with E-state index in [0.29, 0.717) is 11.3 Å². The van der Waals surface area contributed by atoms with Crippen LogP contribution in [-0.2, 0) is 10.1 Å². The number of nitrogens with one attached hydrogen (secondary N) is 1. The normalized spacial score (nSPS) is 12.6. The van der Waals surface area contributed by atoms with Crippen molar-refractivity contribution in [2.75, 3.05) is 5.32 Å². The van der Waals surface area contributed by atoms with Crippen molar-refractivity contribution in [2.45, 2.75) is 58.4 Å². The lowest BCUT2D eigenvalue weighted by Crippen LogP contribution is -2.36. The number of rotatable bonds is 7. The molecule has 4 rings (SSSR count). The SMILES string of the molecule is Cc1ccn2c(NC(C)(C)CC(C)(C)C)c(-c3ccccc3OS(=O)(=O)c3ccccc3)nc2c1. The van der Waals surface area contributed by atoms with Gasteiger partial charge in [-0.05, 0) is 74.6 Å². The van der Waals surface area contributed by atoms with E-state index in [4.69, 9.17) is 9.17 Å². The van der Waals surface area contributed by atoms with Crippen molar-refractivity contribution in [1.29, 1.82) is 0 Å². The lowest BCUT2D eigenvalue weighted by atomic mass is 9.82. The number of fused-ring (bicyclic) bond motifs is 1. The number of nitrogens with zero attached hydrogens (tertiary/aromatic N) is 2. The summed E-state index contributed by atoms with van der Waals surface area (Å²) >= 11 is 0. The molecular weight excluding hydrogens is 458 g/mol. The van der Waals surface area contributed by atoms with Crippen LogP contribution in [0, 0.1) is 12.3 Å². The van der Waals surface area contributed by atoms with Gasteiger partial charge in [-0.3, -0.25) is 4.40 Å². The molecule has 35 heavy (non-hydrogen) atoms. The fraction of sp³-hybridized carbons (Fsp3) is 0.321. The molecule has 0 atom stereocenters. The van der Waals surface area contributed by atoms with Crippen molar-refractivity contribution in [1.82, 2.24) is 9.38 Å². The summed E-state index contributed by atoms with van der Waals surface area (Å²) in [6.45, 7) is 13.0. The molecule has 0 spiro atoms. The van der Waals surface area contributed by atoms with Crippen LogP contribution >= 0.6 is 0 Å². The molecule has 4 aromatic rings. The molecule has 0 aliphatic carbocycles. The summed E-state index contributed by atoms with van der Waals surface area (Å²) in [6, 6.07) is 19.3. The standard InChI is InChI=1S/C28H33N3O3S/c1-20-16-17-31-24(18-20)29-25(26(31)30-28(5,6)19-27(2,3)4)22-14-10-11-15-23(22)34-35(32,33)21-12-8-7-9-13-21/h7-18,30H,19H2,1-6H3. The van der Waals surface area contributed by atoms with E-state index in [9.17, 15) is 8.42 Å². The van der Waals surface area contributed by atoms with Crippen molar-refractivity contribution in [2.24, 2.45) is 5.41 Å². The van der Waals surface area contributed by atoms with E-state index in [-0.39, 0.29) is 21.6 Å². The highest BCUT2D eigenvalue weighted by Gasteiger charge is 2.29. The number of anilines is 1. The van der Waals surface area contributed by atoms with Crippen molar-refractivity contribution in [3.63, 3.8) is 0 Å². The number of pyridine rings is 1. The molecule has 0 aliphatic heterocycles. The highest BCUT2D eigenvalue weighted by molar-refractivity contribution is 7.87. The first-order chi connectivity index (χ1) is 16.3. The monoisotopic (exact) mass is 491 g/mol. The third kappa shape index (κ3) is 5.68. The van der Waals surface area contributed by atoms with Gasteiger partial charge < -0.3 is 9.50 Å². The van der Waals surface area contributed by atoms with Gasteiger partial charge >= 0.3 is 10.1 Å². The molecule has 2 heterocycles. The minimum absolute atomic E-state index is 0.102. The number of imidazole rings is 1. The second-order valence-electron chi connectivity index (χ2n) is 10.8. The quantitative estimate of drug-likeness (QED) is 0.291. The molecule has 0 amide bonds. The molecule has 0 saturated carbocycles. The predicted molar refractivity (Wildman–Crippen MR) is 141 cm³/mol. The Bertz CT molecular complexity index is 1450. The van der Waals surface area contributed by atoms with Gasteiger partial charge in [0, 0.05) is 17.3 Å². The summed E-state index contributed by atoms with van der Waals surface area (Å²) in [7, 11) is -4.01. The Morgan fingerprint density at radius 1 is 0.943 bits per heavy atom. The molecule has 6 nitrogen and oxygen atoms in total. The average molecular weight is 492 g/mol. The van der Waals surface area contributed by atoms with Crippen LogP contribution in [-0.4, -0.2) is 23.3 Å². The number of hydrogen-bond acceptors (Lipinski definition) is 5. The second kappa shape index (κ2) is 9.04. The molecule has 0 fully saturated rings. The van der Waals surface area contributed by atoms with Gasteiger partial charge in [-0.1, -0.05) is 51.1 Å². The van der Waals surface area contributed by atoms with Crippen LogP contribution in [0.15, 0.2) is 77.8 Å². The maximum Gasteiger partial charge on any atom is 0.339 e. The first kappa shape index (κ1) is 24.8. The molecule has 7 heteroatoms. The van der Waals surface area contributed by atoms with Gasteiger partial charge in [0.05, 0.1) is 0 Å². The Kier molecular flexibility index (Phi) is 6.40. The Balaban J connectivity index is 1.84. The molecule has 184 valence electrons. The lowest BCUT2D eigenvalue weighted by molar-refractivity contribution is 0.302. The summed E-state index contributed by atoms with van der Waals surface area (Å²) in [5.41, 5.74) is 2.96. The summed E-state index contributed by atoms with van der Waals surface area (Å²) < 4.78 is 33.7. The van der Waals surface area contributed by atoms with Crippen LogP contribution in [0.2, 0.25) is 0 Å². The van der Waals surface area contributed by atoms with Crippen molar-refractivity contribution in [3.05, 3.63) is 78.5 Å². The van der Waals surface area contributed by atoms with E-state index < -0.39 is 10.1 Å². The van der Waals surface area contributed by atoms with E-state index in [0.717, 1.165) is 23.4 Å². The molecule has 0 bridgehead atoms. The van der Waals surface area contributed by atoms with Gasteiger partial charge in [0.25, 0.3) is 0 Å². The van der Waals surface area contributed by atoms with Gasteiger partial charge in [-0.25, -0.2) is 4.98 Å². The average Bonchev–Trinajstić information content (AvgIpc) is 3.09. The van der Waals surface area contributed by atoms with Crippen LogP contribution in [0.3, 0.4) is 0 Å². The topological polar surface area (TPSA) is 72.7 Å². The molecular formula is C28H33N3O3S. The molecule has 2 aromatic heterocycles. The maximum absolute atomic E-state index is 13.0. The van der Waals surface area contributed by atoms with Gasteiger partial charge in [0.2, 0.25) is 0 Å². The highest BCUT2D eigenvalue weighted by Crippen LogP contribution is 2.39. The van der Waals surface area contributed by atoms with E-state index in [1.54, 1.807) is 30.3 Å². The zero-order valence-electron chi connectivity index (χ0n) is 21.2. The van der Waals surface area contributed by atoms with Crippen molar-refractivity contribution < 1.29 is 12.6 Å². The van der Waals surface area contributed by atoms with Gasteiger partial charge in [0.15, 0.2) is 5.75 Å². The second-order valence-corrected chi connectivity index (χ2v) is 12.4. The highest BCUT2D eigenvalue weighted by atomic mass is 32.2. The summed E-state index contributed by atoms with van der Waals surface area (Å²) in [4.78, 5) is 5.02. The summed E-state index contributed by atoms with van der Waals surface area (Å²) in [5.74, 6) is 1.02. The third-order valence-corrected chi connectivity index (χ3v) is 6.83. The van der Waals surface area contributed by atoms with Crippen molar-refractivity contribution in [3.8, 4) is 17.0 Å². The largest absolute Gasteiger partial charge is 0.378 e. The van der Waals surface area contributed by atoms with E-state index >= 15 is 0 Å². The zero-order valence-corrected chi connectivity index (χ0v) is 22.0. The Morgan fingerprint density at radius 2 is 1.60 bits per heavy atom. The Hall–Kier alpha value is -3.32. The van der Waals surface area contributed by atoms with Crippen molar-refractivity contribution >= 4 is 21.6 Å². The first-order valence-corrected chi connectivity index (χ1v) is 13.1. The van der Waals surface area contributed by atoms with Crippen LogP contribution < -0.4 is 9.50 Å². The number of hydrogen-bond donors (Lipinski definition) is 1. The van der Waals surface area contributed by atoms with E-state index in [1.165, 1.54) is 12.1 Å². The molecule has 0 radical (unpaired) electrons. The molecule has 1 N–H and O–H groups in total. The van der Waals surface area contributed by atoms with Gasteiger partial charge in [-0.15, -0.1) is 0 Å². The number of aromatic nitrogens is 2. The minimum atomic E-state index is -4.01. The number of benzene rings is 2.